The van der Waals surface area contributed by atoms with Crippen molar-refractivity contribution in [1.82, 2.24) is 24.6 Å². The van der Waals surface area contributed by atoms with Crippen molar-refractivity contribution in [3.63, 3.8) is 0 Å². The number of nitrogens with zero attached hydrogens (tertiary/aromatic N) is 3. The van der Waals surface area contributed by atoms with Gasteiger partial charge in [-0.3, -0.25) is 19.1 Å². The van der Waals surface area contributed by atoms with Crippen LogP contribution in [0.1, 0.15) is 19.4 Å². The minimum absolute atomic E-state index is 0.0473. The van der Waals surface area contributed by atoms with Gasteiger partial charge >= 0.3 is 5.97 Å². The highest BCUT2D eigenvalue weighted by Gasteiger charge is 2.29. The Balaban J connectivity index is 1.67. The third-order valence-corrected chi connectivity index (χ3v) is 8.03. The number of H-pyrrole nitrogens is 1. The van der Waals surface area contributed by atoms with Gasteiger partial charge in [0.05, 0.1) is 31.0 Å². The van der Waals surface area contributed by atoms with Gasteiger partial charge in [0.15, 0.2) is 21.0 Å². The monoisotopic (exact) mass is 556 g/mol. The molecule has 0 aliphatic rings. The van der Waals surface area contributed by atoms with Crippen LogP contribution in [0.2, 0.25) is 0 Å². The van der Waals surface area contributed by atoms with E-state index in [2.05, 4.69) is 20.0 Å². The number of sulfone groups is 1. The lowest BCUT2D eigenvalue weighted by atomic mass is 10.2. The van der Waals surface area contributed by atoms with Gasteiger partial charge in [0.25, 0.3) is 13.1 Å². The summed E-state index contributed by atoms with van der Waals surface area (Å²) in [5, 5.41) is 2.67. The fraction of sp³-hybridized carbons (Fsp3) is 0.429. The van der Waals surface area contributed by atoms with Crippen LogP contribution >= 0.6 is 7.52 Å². The Morgan fingerprint density at radius 1 is 1.30 bits per heavy atom. The molecule has 14 nitrogen and oxygen atoms in total. The summed E-state index contributed by atoms with van der Waals surface area (Å²) in [5.74, 6) is -0.664. The van der Waals surface area contributed by atoms with Crippen LogP contribution in [-0.2, 0) is 46.3 Å². The molecular formula is C21H29N6O8PS. The molecule has 4 N–H and O–H groups in total. The number of carbonyl (C=O) groups is 1. The normalized spacial score (nSPS) is 14.4. The van der Waals surface area contributed by atoms with Crippen molar-refractivity contribution in [3.05, 3.63) is 46.5 Å². The van der Waals surface area contributed by atoms with Crippen molar-refractivity contribution >= 4 is 40.4 Å². The number of benzene rings is 1. The molecule has 202 valence electrons. The highest BCUT2D eigenvalue weighted by atomic mass is 32.2. The molecule has 0 aliphatic heterocycles. The molecule has 0 bridgehead atoms. The van der Waals surface area contributed by atoms with Crippen molar-refractivity contribution in [2.24, 2.45) is 0 Å². The number of rotatable bonds is 13. The molecule has 0 saturated carbocycles. The number of carbonyl (C=O) groups excluding carboxylic acids is 1. The van der Waals surface area contributed by atoms with Gasteiger partial charge in [-0.05, 0) is 31.5 Å². The Morgan fingerprint density at radius 3 is 2.65 bits per heavy atom. The molecule has 2 heterocycles. The number of ether oxygens (including phenoxy) is 2. The molecule has 0 fully saturated rings. The van der Waals surface area contributed by atoms with E-state index in [4.69, 9.17) is 19.7 Å². The van der Waals surface area contributed by atoms with Crippen LogP contribution in [0.15, 0.2) is 40.3 Å². The van der Waals surface area contributed by atoms with E-state index >= 15 is 0 Å². The number of aromatic nitrogens is 4. The predicted octanol–water partition coefficient (Wildman–Crippen LogP) is 1.03. The average molecular weight is 557 g/mol. The predicted molar refractivity (Wildman–Crippen MR) is 135 cm³/mol. The zero-order chi connectivity index (χ0) is 27.2. The second-order valence-electron chi connectivity index (χ2n) is 8.06. The van der Waals surface area contributed by atoms with Gasteiger partial charge in [-0.25, -0.2) is 18.5 Å². The molecule has 2 atom stereocenters. The molecule has 3 aromatic rings. The minimum atomic E-state index is -3.74. The van der Waals surface area contributed by atoms with Crippen LogP contribution in [0, 0.1) is 0 Å². The first kappa shape index (κ1) is 28.5. The van der Waals surface area contributed by atoms with Gasteiger partial charge < -0.3 is 24.3 Å². The number of nitrogens with two attached hydrogens (primary N) is 1. The molecule has 0 saturated heterocycles. The van der Waals surface area contributed by atoms with E-state index in [0.717, 1.165) is 6.26 Å². The van der Waals surface area contributed by atoms with Crippen molar-refractivity contribution < 1.29 is 31.8 Å². The summed E-state index contributed by atoms with van der Waals surface area (Å²) in [6, 6.07) is 4.98. The van der Waals surface area contributed by atoms with Gasteiger partial charge in [0.2, 0.25) is 5.95 Å². The summed E-state index contributed by atoms with van der Waals surface area (Å²) in [7, 11) is -7.10. The number of anilines is 1. The Morgan fingerprint density at radius 2 is 2.00 bits per heavy atom. The maximum atomic E-state index is 13.5. The van der Waals surface area contributed by atoms with Crippen LogP contribution in [0.25, 0.3) is 11.2 Å². The van der Waals surface area contributed by atoms with Crippen LogP contribution in [0.4, 0.5) is 5.95 Å². The smallest absolute Gasteiger partial charge is 0.323 e. The summed E-state index contributed by atoms with van der Waals surface area (Å²) >= 11 is 0. The second-order valence-corrected chi connectivity index (χ2v) is 12.2. The maximum Gasteiger partial charge on any atom is 0.323 e. The number of hydrogen-bond acceptors (Lipinski definition) is 11. The highest BCUT2D eigenvalue weighted by Crippen LogP contribution is 2.44. The lowest BCUT2D eigenvalue weighted by Crippen LogP contribution is -2.34. The second kappa shape index (κ2) is 12.0. The topological polar surface area (TPSA) is 198 Å². The minimum Gasteiger partial charge on any atom is -0.465 e. The number of nitrogen functional groups attached to an aromatic ring is 1. The first-order valence-corrected chi connectivity index (χ1v) is 14.9. The Kier molecular flexibility index (Phi) is 9.21. The van der Waals surface area contributed by atoms with E-state index < -0.39 is 34.9 Å². The van der Waals surface area contributed by atoms with Gasteiger partial charge in [-0.1, -0.05) is 12.1 Å². The maximum absolute atomic E-state index is 13.5. The third kappa shape index (κ3) is 7.69. The number of fused-ring (bicyclic) bond motifs is 1. The van der Waals surface area contributed by atoms with Gasteiger partial charge in [0, 0.05) is 12.8 Å². The largest absolute Gasteiger partial charge is 0.465 e. The molecule has 0 amide bonds. The molecule has 0 radical (unpaired) electrons. The zero-order valence-corrected chi connectivity index (χ0v) is 22.3. The average Bonchev–Trinajstić information content (AvgIpc) is 3.23. The van der Waals surface area contributed by atoms with E-state index in [9.17, 15) is 22.6 Å². The van der Waals surface area contributed by atoms with E-state index in [1.807, 2.05) is 0 Å². The first-order chi connectivity index (χ1) is 17.4. The molecular weight excluding hydrogens is 527 g/mol. The van der Waals surface area contributed by atoms with Crippen molar-refractivity contribution in [1.29, 1.82) is 0 Å². The fourth-order valence-electron chi connectivity index (χ4n) is 3.22. The molecule has 0 spiro atoms. The molecule has 0 aliphatic carbocycles. The SMILES string of the molecule is CCOC(=O)[C@H](C)NP(=O)(COCCn1cnc2c(=O)[nH]c(N)nc21)OCc1ccc(S(C)(=O)=O)cc1. The van der Waals surface area contributed by atoms with E-state index in [1.54, 1.807) is 23.6 Å². The molecule has 37 heavy (non-hydrogen) atoms. The molecule has 3 rings (SSSR count). The quantitative estimate of drug-likeness (QED) is 0.154. The van der Waals surface area contributed by atoms with E-state index in [0.29, 0.717) is 5.56 Å². The summed E-state index contributed by atoms with van der Waals surface area (Å²) in [5.41, 5.74) is 6.09. The lowest BCUT2D eigenvalue weighted by Gasteiger charge is -2.23. The molecule has 1 unspecified atom stereocenters. The fourth-order valence-corrected chi connectivity index (χ4v) is 5.50. The van der Waals surface area contributed by atoms with Crippen LogP contribution < -0.4 is 16.4 Å². The van der Waals surface area contributed by atoms with Crippen LogP contribution in [0.5, 0.6) is 0 Å². The van der Waals surface area contributed by atoms with Gasteiger partial charge in [-0.2, -0.15) is 4.98 Å². The van der Waals surface area contributed by atoms with E-state index in [-0.39, 0.29) is 54.7 Å². The number of nitrogens with one attached hydrogen (secondary N) is 2. The van der Waals surface area contributed by atoms with Crippen LogP contribution in [0.3, 0.4) is 0 Å². The Labute approximate surface area is 213 Å². The Bertz CT molecular complexity index is 1450. The molecule has 16 heteroatoms. The third-order valence-electron chi connectivity index (χ3n) is 5.05. The highest BCUT2D eigenvalue weighted by molar-refractivity contribution is 7.90. The number of esters is 1. The standard InChI is InChI=1S/C21H29N6O8PS/c1-4-34-20(29)14(2)26-36(30,35-11-15-5-7-16(8-6-15)37(3,31)32)13-33-10-9-27-12-23-17-18(27)24-21(22)25-19(17)28/h5-8,12,14H,4,9-11,13H2,1-3H3,(H,26,30)(H3,22,24,25,28)/t14-,36?/m0/s1. The first-order valence-electron chi connectivity index (χ1n) is 11.2. The van der Waals surface area contributed by atoms with Crippen molar-refractivity contribution in [2.45, 2.75) is 37.9 Å². The lowest BCUT2D eigenvalue weighted by molar-refractivity contribution is -0.144. The number of aromatic amines is 1. The van der Waals surface area contributed by atoms with Gasteiger partial charge in [-0.15, -0.1) is 0 Å². The summed E-state index contributed by atoms with van der Waals surface area (Å²) in [6.07, 6.45) is 2.12. The summed E-state index contributed by atoms with van der Waals surface area (Å²) < 4.78 is 54.6. The van der Waals surface area contributed by atoms with Crippen LogP contribution in [-0.4, -0.2) is 65.8 Å². The molecule has 2 aromatic heterocycles. The van der Waals surface area contributed by atoms with Crippen molar-refractivity contribution in [3.8, 4) is 0 Å². The van der Waals surface area contributed by atoms with Crippen molar-refractivity contribution in [2.75, 3.05) is 31.6 Å². The zero-order valence-electron chi connectivity index (χ0n) is 20.5. The summed E-state index contributed by atoms with van der Waals surface area (Å²) in [6.45, 7) is 3.42. The number of imidazole rings is 1. The summed E-state index contributed by atoms with van der Waals surface area (Å²) in [4.78, 5) is 34.6. The number of hydrogen-bond donors (Lipinski definition) is 3. The van der Waals surface area contributed by atoms with Gasteiger partial charge in [0.1, 0.15) is 12.4 Å². The molecule has 1 aromatic carbocycles. The van der Waals surface area contributed by atoms with E-state index in [1.165, 1.54) is 25.4 Å². The Hall–Kier alpha value is -3.10.